The zero-order valence-corrected chi connectivity index (χ0v) is 11.8. The number of sulfone groups is 1. The van der Waals surface area contributed by atoms with Crippen LogP contribution in [0.1, 0.15) is 12.7 Å². The number of alkyl halides is 3. The molecule has 0 fully saturated rings. The molecule has 0 saturated carbocycles. The van der Waals surface area contributed by atoms with E-state index in [9.17, 15) is 21.6 Å². The number of nitrogens with zero attached hydrogens (tertiary/aromatic N) is 2. The highest BCUT2D eigenvalue weighted by Gasteiger charge is 2.35. The van der Waals surface area contributed by atoms with Crippen LogP contribution in [0.15, 0.2) is 6.07 Å². The molecule has 1 rings (SSSR count). The average Bonchev–Trinajstić information content (AvgIpc) is 2.26. The lowest BCUT2D eigenvalue weighted by atomic mass is 10.4. The van der Waals surface area contributed by atoms with E-state index in [1.54, 1.807) is 6.92 Å². The molecule has 1 aromatic heterocycles. The Kier molecular flexibility index (Phi) is 5.15. The Morgan fingerprint density at radius 3 is 2.20 bits per heavy atom. The van der Waals surface area contributed by atoms with Crippen molar-refractivity contribution in [3.05, 3.63) is 11.9 Å². The summed E-state index contributed by atoms with van der Waals surface area (Å²) in [6.45, 7) is 2.09. The van der Waals surface area contributed by atoms with Crippen LogP contribution in [0.3, 0.4) is 0 Å². The molecule has 0 amide bonds. The second-order valence-electron chi connectivity index (χ2n) is 4.05. The van der Waals surface area contributed by atoms with E-state index in [-0.39, 0.29) is 23.9 Å². The molecule has 2 N–H and O–H groups in total. The molecule has 0 aliphatic carbocycles. The Balaban J connectivity index is 2.91. The first kappa shape index (κ1) is 16.5. The van der Waals surface area contributed by atoms with Crippen molar-refractivity contribution in [2.24, 2.45) is 0 Å². The van der Waals surface area contributed by atoms with Gasteiger partial charge < -0.3 is 10.6 Å². The summed E-state index contributed by atoms with van der Waals surface area (Å²) in [5.74, 6) is -1.53. The van der Waals surface area contributed by atoms with Gasteiger partial charge in [-0.1, -0.05) is 0 Å². The summed E-state index contributed by atoms with van der Waals surface area (Å²) in [6.07, 6.45) is -3.63. The Hall–Kier alpha value is -1.58. The maximum Gasteiger partial charge on any atom is 0.451 e. The zero-order chi connectivity index (χ0) is 15.4. The number of hydrogen-bond acceptors (Lipinski definition) is 6. The van der Waals surface area contributed by atoms with E-state index in [2.05, 4.69) is 20.6 Å². The molecule has 0 bridgehead atoms. The van der Waals surface area contributed by atoms with Crippen molar-refractivity contribution >= 4 is 21.5 Å². The van der Waals surface area contributed by atoms with Gasteiger partial charge in [-0.15, -0.1) is 0 Å². The number of halogens is 3. The molecule has 6 nitrogen and oxygen atoms in total. The summed E-state index contributed by atoms with van der Waals surface area (Å²) >= 11 is 0. The standard InChI is InChI=1S/C10H15F3N4O2S/c1-3-14-7-6-8(15-4-5-20(2,18)19)17-9(16-7)10(11,12)13/h6H,3-5H2,1-2H3,(H2,14,15,16,17). The van der Waals surface area contributed by atoms with Crippen molar-refractivity contribution in [2.45, 2.75) is 13.1 Å². The fourth-order valence-corrected chi connectivity index (χ4v) is 1.77. The van der Waals surface area contributed by atoms with E-state index in [0.29, 0.717) is 6.54 Å². The molecule has 0 aliphatic rings. The summed E-state index contributed by atoms with van der Waals surface area (Å²) in [5.41, 5.74) is 0. The topological polar surface area (TPSA) is 84.0 Å². The normalized spacial score (nSPS) is 12.2. The number of anilines is 2. The maximum atomic E-state index is 12.6. The van der Waals surface area contributed by atoms with Gasteiger partial charge in [0, 0.05) is 25.4 Å². The Morgan fingerprint density at radius 1 is 1.20 bits per heavy atom. The van der Waals surface area contributed by atoms with Crippen LogP contribution >= 0.6 is 0 Å². The van der Waals surface area contributed by atoms with Gasteiger partial charge in [0.25, 0.3) is 0 Å². The predicted molar refractivity (Wildman–Crippen MR) is 69.4 cm³/mol. The smallest absolute Gasteiger partial charge is 0.370 e. The second-order valence-corrected chi connectivity index (χ2v) is 6.31. The van der Waals surface area contributed by atoms with Crippen LogP contribution in [0.4, 0.5) is 24.8 Å². The van der Waals surface area contributed by atoms with Crippen LogP contribution in [-0.4, -0.2) is 43.5 Å². The first-order valence-corrected chi connectivity index (χ1v) is 7.79. The number of nitrogens with one attached hydrogen (secondary N) is 2. The SMILES string of the molecule is CCNc1cc(NCCS(C)(=O)=O)nc(C(F)(F)F)n1. The first-order valence-electron chi connectivity index (χ1n) is 5.73. The van der Waals surface area contributed by atoms with E-state index in [1.807, 2.05) is 0 Å². The highest BCUT2D eigenvalue weighted by atomic mass is 32.2. The van der Waals surface area contributed by atoms with Crippen LogP contribution in [-0.2, 0) is 16.0 Å². The zero-order valence-electron chi connectivity index (χ0n) is 11.0. The van der Waals surface area contributed by atoms with Crippen molar-refractivity contribution in [1.29, 1.82) is 0 Å². The monoisotopic (exact) mass is 312 g/mol. The summed E-state index contributed by atoms with van der Waals surface area (Å²) in [7, 11) is -3.20. The molecule has 0 atom stereocenters. The average molecular weight is 312 g/mol. The molecule has 0 radical (unpaired) electrons. The third-order valence-corrected chi connectivity index (χ3v) is 3.06. The predicted octanol–water partition coefficient (Wildman–Crippen LogP) is 1.38. The molecule has 1 aromatic rings. The lowest BCUT2D eigenvalue weighted by Crippen LogP contribution is -2.18. The first-order chi connectivity index (χ1) is 9.12. The minimum atomic E-state index is -4.67. The largest absolute Gasteiger partial charge is 0.451 e. The van der Waals surface area contributed by atoms with Crippen molar-refractivity contribution in [3.63, 3.8) is 0 Å². The lowest BCUT2D eigenvalue weighted by Gasteiger charge is -2.11. The number of aromatic nitrogens is 2. The molecule has 10 heteroatoms. The van der Waals surface area contributed by atoms with Gasteiger partial charge in [-0.25, -0.2) is 18.4 Å². The van der Waals surface area contributed by atoms with Gasteiger partial charge in [-0.2, -0.15) is 13.2 Å². The highest BCUT2D eigenvalue weighted by Crippen LogP contribution is 2.28. The fraction of sp³-hybridized carbons (Fsp3) is 0.600. The van der Waals surface area contributed by atoms with Crippen molar-refractivity contribution in [1.82, 2.24) is 9.97 Å². The maximum absolute atomic E-state index is 12.6. The summed E-state index contributed by atoms with van der Waals surface area (Å²) in [6, 6.07) is 1.29. The molecule has 1 heterocycles. The molecule has 0 unspecified atom stereocenters. The van der Waals surface area contributed by atoms with E-state index < -0.39 is 21.8 Å². The number of rotatable bonds is 6. The Labute approximate surface area is 114 Å². The molecule has 0 spiro atoms. The summed E-state index contributed by atoms with van der Waals surface area (Å²) < 4.78 is 59.8. The summed E-state index contributed by atoms with van der Waals surface area (Å²) in [4.78, 5) is 6.67. The molecule has 114 valence electrons. The van der Waals surface area contributed by atoms with Crippen LogP contribution in [0.5, 0.6) is 0 Å². The van der Waals surface area contributed by atoms with Crippen molar-refractivity contribution in [2.75, 3.05) is 35.7 Å². The van der Waals surface area contributed by atoms with Crippen molar-refractivity contribution in [3.8, 4) is 0 Å². The molecular weight excluding hydrogens is 297 g/mol. The van der Waals surface area contributed by atoms with Crippen LogP contribution in [0, 0.1) is 0 Å². The van der Waals surface area contributed by atoms with Crippen LogP contribution in [0.25, 0.3) is 0 Å². The van der Waals surface area contributed by atoms with Gasteiger partial charge in [0.1, 0.15) is 21.5 Å². The Morgan fingerprint density at radius 2 is 1.75 bits per heavy atom. The van der Waals surface area contributed by atoms with Gasteiger partial charge in [0.05, 0.1) is 5.75 Å². The van der Waals surface area contributed by atoms with Gasteiger partial charge in [-0.05, 0) is 6.92 Å². The molecule has 0 aliphatic heterocycles. The lowest BCUT2D eigenvalue weighted by molar-refractivity contribution is -0.144. The second kappa shape index (κ2) is 6.25. The third-order valence-electron chi connectivity index (χ3n) is 2.12. The minimum absolute atomic E-state index is 0.0247. The van der Waals surface area contributed by atoms with Gasteiger partial charge in [0.2, 0.25) is 5.82 Å². The quantitative estimate of drug-likeness (QED) is 0.826. The van der Waals surface area contributed by atoms with Crippen LogP contribution < -0.4 is 10.6 Å². The van der Waals surface area contributed by atoms with Crippen LogP contribution in [0.2, 0.25) is 0 Å². The molecule has 20 heavy (non-hydrogen) atoms. The molecule has 0 saturated heterocycles. The molecule has 0 aromatic carbocycles. The third kappa shape index (κ3) is 5.59. The van der Waals surface area contributed by atoms with Gasteiger partial charge in [-0.3, -0.25) is 0 Å². The fourth-order valence-electron chi connectivity index (χ4n) is 1.30. The van der Waals surface area contributed by atoms with E-state index >= 15 is 0 Å². The van der Waals surface area contributed by atoms with Gasteiger partial charge in [0.15, 0.2) is 0 Å². The summed E-state index contributed by atoms with van der Waals surface area (Å²) in [5, 5.41) is 5.20. The minimum Gasteiger partial charge on any atom is -0.370 e. The van der Waals surface area contributed by atoms with Gasteiger partial charge >= 0.3 is 6.18 Å². The Bertz CT molecular complexity index is 560. The van der Waals surface area contributed by atoms with E-state index in [0.717, 1.165) is 6.26 Å². The highest BCUT2D eigenvalue weighted by molar-refractivity contribution is 7.90. The van der Waals surface area contributed by atoms with E-state index in [1.165, 1.54) is 6.07 Å². The molecular formula is C10H15F3N4O2S. The van der Waals surface area contributed by atoms with Crippen molar-refractivity contribution < 1.29 is 21.6 Å². The van der Waals surface area contributed by atoms with E-state index in [4.69, 9.17) is 0 Å². The number of hydrogen-bond donors (Lipinski definition) is 2.